The van der Waals surface area contributed by atoms with Crippen molar-refractivity contribution < 1.29 is 8.42 Å². The lowest BCUT2D eigenvalue weighted by molar-refractivity contribution is 0.589. The molecule has 1 saturated heterocycles. The summed E-state index contributed by atoms with van der Waals surface area (Å²) < 4.78 is 29.5. The topological polar surface area (TPSA) is 99.0 Å². The molecular weight excluding hydrogens is 376 g/mol. The summed E-state index contributed by atoms with van der Waals surface area (Å²) in [7, 11) is -3.74. The molecule has 4 aromatic rings. The lowest BCUT2D eigenvalue weighted by Crippen LogP contribution is -2.34. The summed E-state index contributed by atoms with van der Waals surface area (Å²) in [5.74, 6) is 0. The molecule has 1 aromatic carbocycles. The molecule has 9 heteroatoms. The van der Waals surface area contributed by atoms with Crippen LogP contribution in [0.5, 0.6) is 0 Å². The van der Waals surface area contributed by atoms with Gasteiger partial charge in [-0.3, -0.25) is 0 Å². The van der Waals surface area contributed by atoms with Crippen molar-refractivity contribution in [3.05, 3.63) is 54.6 Å². The first-order chi connectivity index (χ1) is 13.4. The maximum Gasteiger partial charge on any atom is 0.269 e. The minimum Gasteiger partial charge on any atom is -0.326 e. The van der Waals surface area contributed by atoms with Crippen LogP contribution in [0.2, 0.25) is 0 Å². The third-order valence-corrected chi connectivity index (χ3v) is 6.93. The van der Waals surface area contributed by atoms with Crippen molar-refractivity contribution >= 4 is 32.1 Å². The van der Waals surface area contributed by atoms with Crippen molar-refractivity contribution in [2.45, 2.75) is 24.3 Å². The Morgan fingerprint density at radius 2 is 1.93 bits per heavy atom. The molecule has 0 amide bonds. The Morgan fingerprint density at radius 1 is 1.14 bits per heavy atom. The zero-order valence-corrected chi connectivity index (χ0v) is 16.2. The molecule has 2 N–H and O–H groups in total. The molecule has 1 aliphatic heterocycles. The van der Waals surface area contributed by atoms with Crippen molar-refractivity contribution in [1.29, 1.82) is 0 Å². The second kappa shape index (κ2) is 6.05. The van der Waals surface area contributed by atoms with Crippen LogP contribution in [-0.4, -0.2) is 46.2 Å². The van der Waals surface area contributed by atoms with Crippen LogP contribution in [0.3, 0.4) is 0 Å². The molecular formula is C19H20N6O2S. The van der Waals surface area contributed by atoms with Gasteiger partial charge < -0.3 is 10.7 Å². The van der Waals surface area contributed by atoms with E-state index in [4.69, 9.17) is 5.73 Å². The number of nitrogens with zero attached hydrogens (tertiary/aromatic N) is 5. The normalized spacial score (nSPS) is 17.8. The molecule has 0 bridgehead atoms. The van der Waals surface area contributed by atoms with Crippen molar-refractivity contribution in [1.82, 2.24) is 18.6 Å². The Bertz CT molecular complexity index is 1290. The second-order valence-electron chi connectivity index (χ2n) is 7.21. The number of aryl methyl sites for hydroxylation is 1. The standard InChI is InChI=1S/C19H20N6O2S/c1-13-2-4-15(5-3-13)28(26,27)25-9-7-16-18-17(10-21-19(16)25)22-12-24(18)23-8-6-14(20)11-23/h2-5,7,9-10,12,14H,6,8,11,20H2,1H3/t14-/m1/s1. The van der Waals surface area contributed by atoms with E-state index in [9.17, 15) is 8.42 Å². The number of pyridine rings is 1. The highest BCUT2D eigenvalue weighted by atomic mass is 32.2. The maximum absolute atomic E-state index is 13.2. The fraction of sp³-hybridized carbons (Fsp3) is 0.263. The first-order valence-corrected chi connectivity index (χ1v) is 10.6. The summed E-state index contributed by atoms with van der Waals surface area (Å²) in [6.07, 6.45) is 5.83. The van der Waals surface area contributed by atoms with Gasteiger partial charge in [-0.15, -0.1) is 0 Å². The molecule has 5 rings (SSSR count). The van der Waals surface area contributed by atoms with Gasteiger partial charge in [0.25, 0.3) is 10.0 Å². The number of rotatable bonds is 3. The van der Waals surface area contributed by atoms with Crippen LogP contribution in [0, 0.1) is 6.92 Å². The number of hydrogen-bond donors (Lipinski definition) is 1. The quantitative estimate of drug-likeness (QED) is 0.565. The fourth-order valence-corrected chi connectivity index (χ4v) is 5.05. The van der Waals surface area contributed by atoms with Gasteiger partial charge in [0.05, 0.1) is 11.1 Å². The van der Waals surface area contributed by atoms with Crippen LogP contribution < -0.4 is 10.7 Å². The van der Waals surface area contributed by atoms with Gasteiger partial charge in [0.2, 0.25) is 0 Å². The van der Waals surface area contributed by atoms with Crippen molar-refractivity contribution in [3.8, 4) is 0 Å². The minimum absolute atomic E-state index is 0.126. The smallest absolute Gasteiger partial charge is 0.269 e. The van der Waals surface area contributed by atoms with Gasteiger partial charge in [-0.05, 0) is 31.5 Å². The lowest BCUT2D eigenvalue weighted by Gasteiger charge is -2.20. The minimum atomic E-state index is -3.74. The van der Waals surface area contributed by atoms with Crippen LogP contribution in [0.15, 0.2) is 53.9 Å². The number of nitrogens with two attached hydrogens (primary N) is 1. The summed E-state index contributed by atoms with van der Waals surface area (Å²) in [6.45, 7) is 3.49. The van der Waals surface area contributed by atoms with E-state index in [2.05, 4.69) is 15.0 Å². The van der Waals surface area contributed by atoms with Crippen molar-refractivity contribution in [3.63, 3.8) is 0 Å². The molecule has 1 atom stereocenters. The van der Waals surface area contributed by atoms with Gasteiger partial charge in [0.15, 0.2) is 5.65 Å². The van der Waals surface area contributed by atoms with Gasteiger partial charge in [0, 0.05) is 30.7 Å². The number of fused-ring (bicyclic) bond motifs is 3. The molecule has 8 nitrogen and oxygen atoms in total. The van der Waals surface area contributed by atoms with E-state index in [1.807, 2.05) is 11.6 Å². The van der Waals surface area contributed by atoms with Crippen LogP contribution >= 0.6 is 0 Å². The fourth-order valence-electron chi connectivity index (χ4n) is 3.74. The Morgan fingerprint density at radius 3 is 2.64 bits per heavy atom. The highest BCUT2D eigenvalue weighted by Crippen LogP contribution is 2.27. The molecule has 0 aliphatic carbocycles. The summed E-state index contributed by atoms with van der Waals surface area (Å²) >= 11 is 0. The molecule has 1 fully saturated rings. The second-order valence-corrected chi connectivity index (χ2v) is 9.02. The number of aromatic nitrogens is 4. The van der Waals surface area contributed by atoms with Crippen LogP contribution in [0.4, 0.5) is 0 Å². The third-order valence-electron chi connectivity index (χ3n) is 5.25. The zero-order valence-electron chi connectivity index (χ0n) is 15.4. The van der Waals surface area contributed by atoms with Crippen LogP contribution in [0.1, 0.15) is 12.0 Å². The Kier molecular flexibility index (Phi) is 3.72. The average molecular weight is 396 g/mol. The SMILES string of the molecule is Cc1ccc(S(=O)(=O)n2ccc3c4c(cnc32)ncn4N2CC[C@@H](N)C2)cc1. The number of benzene rings is 1. The largest absolute Gasteiger partial charge is 0.326 e. The monoisotopic (exact) mass is 396 g/mol. The third kappa shape index (κ3) is 2.50. The highest BCUT2D eigenvalue weighted by molar-refractivity contribution is 7.90. The summed E-state index contributed by atoms with van der Waals surface area (Å²) in [4.78, 5) is 9.07. The van der Waals surface area contributed by atoms with E-state index in [0.717, 1.165) is 41.5 Å². The first-order valence-electron chi connectivity index (χ1n) is 9.11. The molecule has 28 heavy (non-hydrogen) atoms. The Hall–Kier alpha value is -2.91. The molecule has 0 spiro atoms. The Balaban J connectivity index is 1.69. The Labute approximate surface area is 162 Å². The predicted octanol–water partition coefficient (Wildman–Crippen LogP) is 1.60. The van der Waals surface area contributed by atoms with E-state index in [-0.39, 0.29) is 10.9 Å². The molecule has 0 saturated carbocycles. The number of hydrogen-bond acceptors (Lipinski definition) is 6. The van der Waals surface area contributed by atoms with E-state index in [1.54, 1.807) is 49.1 Å². The van der Waals surface area contributed by atoms with Crippen LogP contribution in [-0.2, 0) is 10.0 Å². The molecule has 144 valence electrons. The first kappa shape index (κ1) is 17.2. The van der Waals surface area contributed by atoms with Crippen molar-refractivity contribution in [2.24, 2.45) is 5.73 Å². The summed E-state index contributed by atoms with van der Waals surface area (Å²) in [5, 5.41) is 2.87. The van der Waals surface area contributed by atoms with E-state index < -0.39 is 10.0 Å². The summed E-state index contributed by atoms with van der Waals surface area (Å²) in [6, 6.07) is 8.72. The molecule has 4 heterocycles. The van der Waals surface area contributed by atoms with Gasteiger partial charge in [-0.2, -0.15) is 0 Å². The van der Waals surface area contributed by atoms with Gasteiger partial charge in [-0.25, -0.2) is 27.0 Å². The van der Waals surface area contributed by atoms with Gasteiger partial charge in [0.1, 0.15) is 17.4 Å². The zero-order chi connectivity index (χ0) is 19.5. The van der Waals surface area contributed by atoms with Gasteiger partial charge >= 0.3 is 0 Å². The van der Waals surface area contributed by atoms with Crippen molar-refractivity contribution in [2.75, 3.05) is 18.1 Å². The molecule has 3 aromatic heterocycles. The van der Waals surface area contributed by atoms with Crippen LogP contribution in [0.25, 0.3) is 22.1 Å². The highest BCUT2D eigenvalue weighted by Gasteiger charge is 2.24. The maximum atomic E-state index is 13.2. The molecule has 1 aliphatic rings. The lowest BCUT2D eigenvalue weighted by atomic mass is 10.2. The van der Waals surface area contributed by atoms with E-state index >= 15 is 0 Å². The van der Waals surface area contributed by atoms with Gasteiger partial charge in [-0.1, -0.05) is 17.7 Å². The van der Waals surface area contributed by atoms with E-state index in [1.165, 1.54) is 3.97 Å². The van der Waals surface area contributed by atoms with E-state index in [0.29, 0.717) is 5.65 Å². The average Bonchev–Trinajstić information content (AvgIpc) is 3.38. The molecule has 0 radical (unpaired) electrons. The number of imidazole rings is 1. The molecule has 0 unspecified atom stereocenters. The predicted molar refractivity (Wildman–Crippen MR) is 107 cm³/mol. The summed E-state index contributed by atoms with van der Waals surface area (Å²) in [5.41, 5.74) is 9.01.